The highest BCUT2D eigenvalue weighted by Gasteiger charge is 2.45. The van der Waals surface area contributed by atoms with Gasteiger partial charge in [-0.25, -0.2) is 0 Å². The van der Waals surface area contributed by atoms with Crippen LogP contribution in [0.4, 0.5) is 0 Å². The summed E-state index contributed by atoms with van der Waals surface area (Å²) in [4.78, 5) is 0. The zero-order valence-corrected chi connectivity index (χ0v) is 9.85. The van der Waals surface area contributed by atoms with Gasteiger partial charge in [0, 0.05) is 0 Å². The summed E-state index contributed by atoms with van der Waals surface area (Å²) < 4.78 is 0. The summed E-state index contributed by atoms with van der Waals surface area (Å²) >= 11 is 0. The van der Waals surface area contributed by atoms with Crippen LogP contribution in [-0.2, 0) is 0 Å². The molecule has 2 unspecified atom stereocenters. The van der Waals surface area contributed by atoms with Crippen molar-refractivity contribution in [2.45, 2.75) is 57.5 Å². The number of hydrogen-bond acceptors (Lipinski definition) is 1. The van der Waals surface area contributed by atoms with Crippen LogP contribution in [0.2, 0.25) is 19.1 Å². The first kappa shape index (κ1) is 10.3. The van der Waals surface area contributed by atoms with Crippen molar-refractivity contribution in [3.8, 4) is 0 Å². The molecule has 0 aromatic carbocycles. The second-order valence-corrected chi connectivity index (χ2v) is 10.5. The van der Waals surface area contributed by atoms with Crippen LogP contribution in [0.25, 0.3) is 0 Å². The Bertz CT molecular complexity index is 163. The Hall–Kier alpha value is 0.177. The molecule has 1 rings (SSSR count). The molecule has 1 aliphatic heterocycles. The van der Waals surface area contributed by atoms with Crippen molar-refractivity contribution >= 4 is 8.07 Å². The fraction of sp³-hybridized carbons (Fsp3) is 1.00. The van der Waals surface area contributed by atoms with Crippen molar-refractivity contribution in [2.75, 3.05) is 0 Å². The van der Waals surface area contributed by atoms with Crippen LogP contribution < -0.4 is 0 Å². The van der Waals surface area contributed by atoms with E-state index in [1.54, 1.807) is 0 Å². The first-order chi connectivity index (χ1) is 5.39. The van der Waals surface area contributed by atoms with Crippen LogP contribution >= 0.6 is 0 Å². The van der Waals surface area contributed by atoms with Crippen molar-refractivity contribution in [1.82, 2.24) is 0 Å². The summed E-state index contributed by atoms with van der Waals surface area (Å²) in [7, 11) is -1.32. The smallest absolute Gasteiger partial charge is 0.0847 e. The van der Waals surface area contributed by atoms with E-state index in [0.29, 0.717) is 0 Å². The second kappa shape index (κ2) is 3.15. The van der Waals surface area contributed by atoms with Gasteiger partial charge >= 0.3 is 0 Å². The Kier molecular flexibility index (Phi) is 2.69. The first-order valence-corrected chi connectivity index (χ1v) is 8.32. The molecule has 1 nitrogen and oxygen atoms in total. The Morgan fingerprint density at radius 2 is 2.08 bits per heavy atom. The molecule has 2 atom stereocenters. The summed E-state index contributed by atoms with van der Waals surface area (Å²) in [5, 5.41) is 9.95. The summed E-state index contributed by atoms with van der Waals surface area (Å²) in [6.07, 6.45) is 3.63. The van der Waals surface area contributed by atoms with Crippen LogP contribution in [0, 0.1) is 5.92 Å². The molecule has 0 radical (unpaired) electrons. The van der Waals surface area contributed by atoms with Crippen LogP contribution in [0.15, 0.2) is 0 Å². The van der Waals surface area contributed by atoms with E-state index in [1.165, 1.54) is 18.9 Å². The Morgan fingerprint density at radius 3 is 2.50 bits per heavy atom. The fourth-order valence-electron chi connectivity index (χ4n) is 2.12. The van der Waals surface area contributed by atoms with Gasteiger partial charge in [-0.05, 0) is 19.3 Å². The summed E-state index contributed by atoms with van der Waals surface area (Å²) in [6, 6.07) is 1.30. The van der Waals surface area contributed by atoms with Crippen molar-refractivity contribution in [3.05, 3.63) is 0 Å². The van der Waals surface area contributed by atoms with E-state index in [1.807, 2.05) is 0 Å². The third-order valence-electron chi connectivity index (χ3n) is 3.90. The highest BCUT2D eigenvalue weighted by atomic mass is 28.3. The first-order valence-electron chi connectivity index (χ1n) is 5.11. The average Bonchev–Trinajstić information content (AvgIpc) is 1.95. The lowest BCUT2D eigenvalue weighted by Gasteiger charge is -2.45. The molecule has 2 heteroatoms. The molecule has 12 heavy (non-hydrogen) atoms. The van der Waals surface area contributed by atoms with Gasteiger partial charge in [0.15, 0.2) is 0 Å². The molecule has 1 fully saturated rings. The minimum absolute atomic E-state index is 0.314. The van der Waals surface area contributed by atoms with Gasteiger partial charge in [-0.3, -0.25) is 0 Å². The summed E-state index contributed by atoms with van der Waals surface area (Å²) in [5.74, 6) is 0.778. The number of rotatable bonds is 1. The van der Waals surface area contributed by atoms with Gasteiger partial charge < -0.3 is 5.11 Å². The fourth-order valence-corrected chi connectivity index (χ4v) is 4.63. The monoisotopic (exact) mass is 186 g/mol. The predicted molar refractivity (Wildman–Crippen MR) is 55.9 cm³/mol. The molecule has 1 saturated heterocycles. The molecular weight excluding hydrogens is 164 g/mol. The van der Waals surface area contributed by atoms with Crippen molar-refractivity contribution in [3.63, 3.8) is 0 Å². The maximum absolute atomic E-state index is 10.3. The summed E-state index contributed by atoms with van der Waals surface area (Å²) in [6.45, 7) is 8.93. The average molecular weight is 186 g/mol. The van der Waals surface area contributed by atoms with Crippen molar-refractivity contribution < 1.29 is 5.11 Å². The largest absolute Gasteiger partial charge is 0.394 e. The molecule has 1 heterocycles. The highest BCUT2D eigenvalue weighted by molar-refractivity contribution is 6.80. The third-order valence-corrected chi connectivity index (χ3v) is 8.56. The molecule has 72 valence electrons. The number of hydrogen-bond donors (Lipinski definition) is 1. The van der Waals surface area contributed by atoms with Gasteiger partial charge in [0.05, 0.1) is 13.3 Å². The summed E-state index contributed by atoms with van der Waals surface area (Å²) in [5.41, 5.74) is 0. The molecule has 0 bridgehead atoms. The maximum atomic E-state index is 10.3. The normalized spacial score (nSPS) is 41.2. The zero-order chi connectivity index (χ0) is 9.41. The van der Waals surface area contributed by atoms with Gasteiger partial charge in [0.2, 0.25) is 0 Å². The lowest BCUT2D eigenvalue weighted by molar-refractivity contribution is 0.0908. The lowest BCUT2D eigenvalue weighted by Crippen LogP contribution is -2.56. The van der Waals surface area contributed by atoms with Crippen LogP contribution in [0.5, 0.6) is 0 Å². The maximum Gasteiger partial charge on any atom is 0.0847 e. The molecule has 0 aromatic heterocycles. The Labute approximate surface area is 77.2 Å². The lowest BCUT2D eigenvalue weighted by atomic mass is 9.95. The quantitative estimate of drug-likeness (QED) is 0.624. The molecule has 0 amide bonds. The van der Waals surface area contributed by atoms with E-state index in [9.17, 15) is 5.11 Å². The van der Waals surface area contributed by atoms with Gasteiger partial charge in [-0.15, -0.1) is 0 Å². The minimum Gasteiger partial charge on any atom is -0.394 e. The van der Waals surface area contributed by atoms with E-state index in [2.05, 4.69) is 26.9 Å². The highest BCUT2D eigenvalue weighted by Crippen LogP contribution is 2.40. The molecular formula is C10H22OSi. The van der Waals surface area contributed by atoms with E-state index < -0.39 is 8.07 Å². The predicted octanol–water partition coefficient (Wildman–Crippen LogP) is 2.81. The Balaban J connectivity index is 2.68. The zero-order valence-electron chi connectivity index (χ0n) is 8.85. The topological polar surface area (TPSA) is 20.2 Å². The molecule has 0 aliphatic carbocycles. The van der Waals surface area contributed by atoms with Crippen molar-refractivity contribution in [1.29, 1.82) is 0 Å². The van der Waals surface area contributed by atoms with Gasteiger partial charge in [-0.1, -0.05) is 38.9 Å². The van der Waals surface area contributed by atoms with E-state index in [0.717, 1.165) is 12.3 Å². The Morgan fingerprint density at radius 1 is 1.50 bits per heavy atom. The van der Waals surface area contributed by atoms with E-state index in [-0.39, 0.29) is 5.22 Å². The van der Waals surface area contributed by atoms with Gasteiger partial charge in [0.1, 0.15) is 0 Å². The minimum atomic E-state index is -1.32. The molecule has 1 aliphatic rings. The molecule has 0 aromatic rings. The van der Waals surface area contributed by atoms with E-state index >= 15 is 0 Å². The SMILES string of the molecule is CCC1CC[Si](C)(C)C(C)(O)C1. The van der Waals surface area contributed by atoms with E-state index in [4.69, 9.17) is 0 Å². The molecule has 1 N–H and O–H groups in total. The number of aliphatic hydroxyl groups is 1. The van der Waals surface area contributed by atoms with Crippen LogP contribution in [0.1, 0.15) is 33.1 Å². The van der Waals surface area contributed by atoms with Crippen LogP contribution in [0.3, 0.4) is 0 Å². The second-order valence-electron chi connectivity index (χ2n) is 5.17. The standard InChI is InChI=1S/C10H22OSi/c1-5-9-6-7-12(3,4)10(2,11)8-9/h9,11H,5-8H2,1-4H3. The third kappa shape index (κ3) is 1.74. The van der Waals surface area contributed by atoms with Gasteiger partial charge in [0.25, 0.3) is 0 Å². The van der Waals surface area contributed by atoms with Crippen LogP contribution in [-0.4, -0.2) is 18.4 Å². The molecule has 0 saturated carbocycles. The molecule has 0 spiro atoms. The van der Waals surface area contributed by atoms with Crippen molar-refractivity contribution in [2.24, 2.45) is 5.92 Å². The van der Waals surface area contributed by atoms with Gasteiger partial charge in [-0.2, -0.15) is 0 Å².